The first kappa shape index (κ1) is 16.6. The summed E-state index contributed by atoms with van der Waals surface area (Å²) in [6.07, 6.45) is -4.70. The summed E-state index contributed by atoms with van der Waals surface area (Å²) in [7, 11) is 0. The molecule has 0 unspecified atom stereocenters. The van der Waals surface area contributed by atoms with Gasteiger partial charge in [0.25, 0.3) is 0 Å². The highest BCUT2D eigenvalue weighted by molar-refractivity contribution is 9.10. The van der Waals surface area contributed by atoms with Gasteiger partial charge in [-0.2, -0.15) is 0 Å². The predicted molar refractivity (Wildman–Crippen MR) is 87.1 cm³/mol. The molecule has 0 aromatic heterocycles. The van der Waals surface area contributed by atoms with Crippen LogP contribution in [0.3, 0.4) is 0 Å². The quantitative estimate of drug-likeness (QED) is 0.709. The van der Waals surface area contributed by atoms with Crippen LogP contribution in [0.1, 0.15) is 0 Å². The minimum Gasteiger partial charge on any atom is -0.406 e. The summed E-state index contributed by atoms with van der Waals surface area (Å²) < 4.78 is 40.8. The number of thiocarbonyl (C=S) groups is 1. The van der Waals surface area contributed by atoms with E-state index in [1.807, 2.05) is 24.3 Å². The zero-order chi connectivity index (χ0) is 16.2. The molecule has 0 fully saturated rings. The smallest absolute Gasteiger partial charge is 0.406 e. The minimum atomic E-state index is -4.70. The van der Waals surface area contributed by atoms with Crippen LogP contribution < -0.4 is 15.4 Å². The molecule has 0 radical (unpaired) electrons. The molecule has 0 aliphatic rings. The number of nitrogens with one attached hydrogen (secondary N) is 2. The fourth-order valence-electron chi connectivity index (χ4n) is 1.60. The Kier molecular flexibility index (Phi) is 5.25. The molecule has 22 heavy (non-hydrogen) atoms. The lowest BCUT2D eigenvalue weighted by molar-refractivity contribution is -0.274. The maximum absolute atomic E-state index is 12.1. The monoisotopic (exact) mass is 390 g/mol. The van der Waals surface area contributed by atoms with Crippen LogP contribution >= 0.6 is 28.1 Å². The van der Waals surface area contributed by atoms with Crippen LogP contribution in [0.15, 0.2) is 53.0 Å². The third-order valence-electron chi connectivity index (χ3n) is 2.43. The molecule has 2 N–H and O–H groups in total. The van der Waals surface area contributed by atoms with Gasteiger partial charge >= 0.3 is 6.36 Å². The number of alkyl halides is 3. The summed E-state index contributed by atoms with van der Waals surface area (Å²) >= 11 is 8.47. The van der Waals surface area contributed by atoms with E-state index in [4.69, 9.17) is 12.2 Å². The van der Waals surface area contributed by atoms with Crippen molar-refractivity contribution in [3.8, 4) is 5.75 Å². The Balaban J connectivity index is 1.94. The van der Waals surface area contributed by atoms with Gasteiger partial charge in [-0.25, -0.2) is 0 Å². The molecular weight excluding hydrogens is 381 g/mol. The Morgan fingerprint density at radius 2 is 1.64 bits per heavy atom. The molecule has 0 saturated carbocycles. The number of anilines is 2. The van der Waals surface area contributed by atoms with Crippen LogP contribution in [0.25, 0.3) is 0 Å². The summed E-state index contributed by atoms with van der Waals surface area (Å²) in [4.78, 5) is 0. The number of rotatable bonds is 3. The largest absolute Gasteiger partial charge is 0.573 e. The average Bonchev–Trinajstić information content (AvgIpc) is 2.39. The van der Waals surface area contributed by atoms with Crippen LogP contribution in [-0.4, -0.2) is 11.5 Å². The fraction of sp³-hybridized carbons (Fsp3) is 0.0714. The fourth-order valence-corrected chi connectivity index (χ4v) is 2.23. The van der Waals surface area contributed by atoms with E-state index in [0.717, 1.165) is 10.2 Å². The van der Waals surface area contributed by atoms with Crippen LogP contribution in [-0.2, 0) is 0 Å². The van der Waals surface area contributed by atoms with E-state index in [1.165, 1.54) is 24.3 Å². The standard InChI is InChI=1S/C14H10BrF3N2OS/c15-9-2-1-3-11(8-9)20-13(22)19-10-4-6-12(7-5-10)21-14(16,17)18/h1-8H,(H2,19,20,22). The molecule has 2 rings (SSSR count). The van der Waals surface area contributed by atoms with Crippen molar-refractivity contribution in [2.75, 3.05) is 10.6 Å². The Bertz CT molecular complexity index is 662. The summed E-state index contributed by atoms with van der Waals surface area (Å²) in [5.41, 5.74) is 1.32. The van der Waals surface area contributed by atoms with Gasteiger partial charge < -0.3 is 15.4 Å². The summed E-state index contributed by atoms with van der Waals surface area (Å²) in [6, 6.07) is 12.7. The molecule has 2 aromatic carbocycles. The zero-order valence-electron chi connectivity index (χ0n) is 10.9. The van der Waals surface area contributed by atoms with Crippen LogP contribution in [0, 0.1) is 0 Å². The lowest BCUT2D eigenvalue weighted by Crippen LogP contribution is -2.19. The highest BCUT2D eigenvalue weighted by atomic mass is 79.9. The maximum atomic E-state index is 12.1. The molecule has 0 heterocycles. The third kappa shape index (κ3) is 5.53. The molecule has 0 aliphatic carbocycles. The van der Waals surface area contributed by atoms with Crippen molar-refractivity contribution in [3.05, 3.63) is 53.0 Å². The van der Waals surface area contributed by atoms with E-state index in [1.54, 1.807) is 0 Å². The molecular formula is C14H10BrF3N2OS. The van der Waals surface area contributed by atoms with E-state index in [-0.39, 0.29) is 5.75 Å². The van der Waals surface area contributed by atoms with E-state index in [2.05, 4.69) is 31.3 Å². The number of hydrogen-bond donors (Lipinski definition) is 2. The summed E-state index contributed by atoms with van der Waals surface area (Å²) in [6.45, 7) is 0. The van der Waals surface area contributed by atoms with Gasteiger partial charge in [0.1, 0.15) is 5.75 Å². The number of benzene rings is 2. The second-order valence-corrected chi connectivity index (χ2v) is 5.49. The Morgan fingerprint density at radius 1 is 1.00 bits per heavy atom. The average molecular weight is 391 g/mol. The highest BCUT2D eigenvalue weighted by Gasteiger charge is 2.30. The molecule has 0 aliphatic heterocycles. The van der Waals surface area contributed by atoms with E-state index in [0.29, 0.717) is 10.8 Å². The molecule has 0 saturated heterocycles. The minimum absolute atomic E-state index is 0.288. The lowest BCUT2D eigenvalue weighted by atomic mass is 10.3. The zero-order valence-corrected chi connectivity index (χ0v) is 13.3. The van der Waals surface area contributed by atoms with E-state index >= 15 is 0 Å². The van der Waals surface area contributed by atoms with E-state index in [9.17, 15) is 13.2 Å². The second kappa shape index (κ2) is 6.97. The first-order valence-corrected chi connectivity index (χ1v) is 7.21. The molecule has 0 atom stereocenters. The van der Waals surface area contributed by atoms with Gasteiger partial charge in [0.05, 0.1) is 0 Å². The van der Waals surface area contributed by atoms with Crippen molar-refractivity contribution >= 4 is 44.6 Å². The second-order valence-electron chi connectivity index (χ2n) is 4.16. The molecule has 0 bridgehead atoms. The van der Waals surface area contributed by atoms with Crippen molar-refractivity contribution in [3.63, 3.8) is 0 Å². The molecule has 0 spiro atoms. The SMILES string of the molecule is FC(F)(F)Oc1ccc(NC(=S)Nc2cccc(Br)c2)cc1. The maximum Gasteiger partial charge on any atom is 0.573 e. The Hall–Kier alpha value is -1.80. The molecule has 116 valence electrons. The van der Waals surface area contributed by atoms with Gasteiger partial charge in [-0.05, 0) is 54.7 Å². The molecule has 3 nitrogen and oxygen atoms in total. The highest BCUT2D eigenvalue weighted by Crippen LogP contribution is 2.24. The van der Waals surface area contributed by atoms with Crippen LogP contribution in [0.4, 0.5) is 24.5 Å². The van der Waals surface area contributed by atoms with Gasteiger partial charge in [-0.3, -0.25) is 0 Å². The lowest BCUT2D eigenvalue weighted by Gasteiger charge is -2.12. The van der Waals surface area contributed by atoms with Gasteiger partial charge in [0.15, 0.2) is 5.11 Å². The van der Waals surface area contributed by atoms with Crippen molar-refractivity contribution < 1.29 is 17.9 Å². The van der Waals surface area contributed by atoms with Gasteiger partial charge in [-0.1, -0.05) is 22.0 Å². The Labute approximate surface area is 138 Å². The predicted octanol–water partition coefficient (Wildman–Crippen LogP) is 5.16. The first-order valence-electron chi connectivity index (χ1n) is 6.01. The van der Waals surface area contributed by atoms with E-state index < -0.39 is 6.36 Å². The number of halogens is 4. The molecule has 0 amide bonds. The van der Waals surface area contributed by atoms with Gasteiger partial charge in [-0.15, -0.1) is 13.2 Å². The van der Waals surface area contributed by atoms with Crippen molar-refractivity contribution in [1.82, 2.24) is 0 Å². The third-order valence-corrected chi connectivity index (χ3v) is 3.13. The van der Waals surface area contributed by atoms with Gasteiger partial charge in [0.2, 0.25) is 0 Å². The first-order chi connectivity index (χ1) is 10.3. The molecule has 2 aromatic rings. The normalized spacial score (nSPS) is 10.9. The van der Waals surface area contributed by atoms with Gasteiger partial charge in [0, 0.05) is 15.8 Å². The van der Waals surface area contributed by atoms with Crippen molar-refractivity contribution in [2.24, 2.45) is 0 Å². The van der Waals surface area contributed by atoms with Crippen LogP contribution in [0.2, 0.25) is 0 Å². The topological polar surface area (TPSA) is 33.3 Å². The number of hydrogen-bond acceptors (Lipinski definition) is 2. The van der Waals surface area contributed by atoms with Crippen LogP contribution in [0.5, 0.6) is 5.75 Å². The van der Waals surface area contributed by atoms with Crippen molar-refractivity contribution in [2.45, 2.75) is 6.36 Å². The Morgan fingerprint density at radius 3 is 2.23 bits per heavy atom. The molecule has 8 heteroatoms. The van der Waals surface area contributed by atoms with Crippen molar-refractivity contribution in [1.29, 1.82) is 0 Å². The summed E-state index contributed by atoms with van der Waals surface area (Å²) in [5.74, 6) is -0.288. The number of ether oxygens (including phenoxy) is 1. The summed E-state index contributed by atoms with van der Waals surface area (Å²) in [5, 5.41) is 6.15.